The van der Waals surface area contributed by atoms with Gasteiger partial charge in [-0.15, -0.1) is 19.2 Å². The molecular formula is C15H24OS. The van der Waals surface area contributed by atoms with E-state index in [-0.39, 0.29) is 5.12 Å². The highest BCUT2D eigenvalue weighted by Crippen LogP contribution is 2.15. The van der Waals surface area contributed by atoms with Gasteiger partial charge in [0.15, 0.2) is 0 Å². The van der Waals surface area contributed by atoms with Gasteiger partial charge >= 0.3 is 0 Å². The van der Waals surface area contributed by atoms with Gasteiger partial charge in [-0.2, -0.15) is 0 Å². The van der Waals surface area contributed by atoms with Crippen molar-refractivity contribution in [1.29, 1.82) is 0 Å². The Balaban J connectivity index is 3.83. The molecule has 0 aromatic rings. The molecule has 0 saturated carbocycles. The third kappa shape index (κ3) is 11.5. The zero-order valence-corrected chi connectivity index (χ0v) is 12.1. The van der Waals surface area contributed by atoms with Crippen molar-refractivity contribution in [2.75, 3.05) is 0 Å². The van der Waals surface area contributed by atoms with Gasteiger partial charge in [-0.3, -0.25) is 4.79 Å². The average Bonchev–Trinajstić information content (AvgIpc) is 2.15. The average molecular weight is 252 g/mol. The molecule has 0 radical (unpaired) electrons. The zero-order chi connectivity index (χ0) is 13.3. The maximum Gasteiger partial charge on any atom is 0.209 e. The molecule has 96 valence electrons. The van der Waals surface area contributed by atoms with Gasteiger partial charge in [0.1, 0.15) is 0 Å². The highest BCUT2D eigenvalue weighted by atomic mass is 32.1. The molecule has 1 atom stereocenters. The third-order valence-corrected chi connectivity index (χ3v) is 2.70. The van der Waals surface area contributed by atoms with Crippen LogP contribution in [0.25, 0.3) is 0 Å². The van der Waals surface area contributed by atoms with Crippen molar-refractivity contribution in [1.82, 2.24) is 0 Å². The number of thiol groups is 1. The van der Waals surface area contributed by atoms with Crippen molar-refractivity contribution in [3.63, 3.8) is 0 Å². The van der Waals surface area contributed by atoms with E-state index in [9.17, 15) is 4.79 Å². The molecule has 0 N–H and O–H groups in total. The molecule has 0 aliphatic carbocycles. The summed E-state index contributed by atoms with van der Waals surface area (Å²) in [7, 11) is 0. The monoisotopic (exact) mass is 252 g/mol. The molecule has 0 aliphatic rings. The fraction of sp³-hybridized carbons (Fsp3) is 0.533. The second-order valence-corrected chi connectivity index (χ2v) is 5.26. The fourth-order valence-electron chi connectivity index (χ4n) is 1.60. The van der Waals surface area contributed by atoms with Crippen molar-refractivity contribution in [2.45, 2.75) is 46.5 Å². The molecule has 0 aliphatic heterocycles. The van der Waals surface area contributed by atoms with Crippen molar-refractivity contribution >= 4 is 17.7 Å². The lowest BCUT2D eigenvalue weighted by Crippen LogP contribution is -1.92. The number of hydrogen-bond acceptors (Lipinski definition) is 1. The van der Waals surface area contributed by atoms with E-state index in [2.05, 4.69) is 39.1 Å². The van der Waals surface area contributed by atoms with Crippen LogP contribution in [0, 0.1) is 5.92 Å². The summed E-state index contributed by atoms with van der Waals surface area (Å²) >= 11 is 3.71. The smallest absolute Gasteiger partial charge is 0.209 e. The van der Waals surface area contributed by atoms with Crippen LogP contribution in [0.3, 0.4) is 0 Å². The summed E-state index contributed by atoms with van der Waals surface area (Å²) in [5.74, 6) is 0.685. The minimum absolute atomic E-state index is 0.193. The van der Waals surface area contributed by atoms with Crippen LogP contribution in [0.5, 0.6) is 0 Å². The lowest BCUT2D eigenvalue weighted by atomic mass is 9.98. The van der Waals surface area contributed by atoms with E-state index >= 15 is 0 Å². The summed E-state index contributed by atoms with van der Waals surface area (Å²) in [6, 6.07) is 0. The Morgan fingerprint density at radius 2 is 2.06 bits per heavy atom. The van der Waals surface area contributed by atoms with Crippen molar-refractivity contribution in [2.24, 2.45) is 5.92 Å². The number of allylic oxidation sites excluding steroid dienone is 4. The van der Waals surface area contributed by atoms with Crippen molar-refractivity contribution < 1.29 is 4.79 Å². The van der Waals surface area contributed by atoms with Crippen LogP contribution < -0.4 is 0 Å². The maximum atomic E-state index is 10.7. The molecule has 0 rings (SSSR count). The fourth-order valence-corrected chi connectivity index (χ4v) is 1.80. The minimum Gasteiger partial charge on any atom is -0.283 e. The van der Waals surface area contributed by atoms with E-state index in [1.807, 2.05) is 13.0 Å². The van der Waals surface area contributed by atoms with E-state index < -0.39 is 0 Å². The van der Waals surface area contributed by atoms with Gasteiger partial charge in [0.05, 0.1) is 0 Å². The second-order valence-electron chi connectivity index (χ2n) is 4.82. The molecule has 0 fully saturated rings. The van der Waals surface area contributed by atoms with Gasteiger partial charge in [-0.05, 0) is 50.7 Å². The largest absolute Gasteiger partial charge is 0.283 e. The second kappa shape index (κ2) is 9.29. The van der Waals surface area contributed by atoms with E-state index in [1.165, 1.54) is 24.5 Å². The normalized spacial score (nSPS) is 14.0. The molecule has 0 aromatic carbocycles. The molecule has 0 saturated heterocycles. The molecule has 0 amide bonds. The molecular weight excluding hydrogens is 228 g/mol. The molecule has 0 aromatic heterocycles. The maximum absolute atomic E-state index is 10.7. The molecule has 0 heterocycles. The number of hydrogen-bond donors (Lipinski definition) is 1. The Morgan fingerprint density at radius 3 is 2.59 bits per heavy atom. The number of rotatable bonds is 8. The molecule has 1 unspecified atom stereocenters. The SMILES string of the molecule is C=C(C)CCCC(C)CC=CC(C)=CC(=O)S. The molecule has 0 spiro atoms. The first-order valence-corrected chi connectivity index (χ1v) is 6.58. The van der Waals surface area contributed by atoms with Crippen molar-refractivity contribution in [3.05, 3.63) is 36.0 Å². The lowest BCUT2D eigenvalue weighted by molar-refractivity contribution is -0.106. The summed E-state index contributed by atoms with van der Waals surface area (Å²) in [6.07, 6.45) is 10.3. The van der Waals surface area contributed by atoms with Gasteiger partial charge in [0.2, 0.25) is 5.12 Å². The van der Waals surface area contributed by atoms with Crippen LogP contribution in [-0.4, -0.2) is 5.12 Å². The van der Waals surface area contributed by atoms with Gasteiger partial charge in [0.25, 0.3) is 0 Å². The summed E-state index contributed by atoms with van der Waals surface area (Å²) in [5, 5.41) is -0.193. The Hall–Kier alpha value is -0.760. The third-order valence-electron chi connectivity index (χ3n) is 2.57. The molecule has 17 heavy (non-hydrogen) atoms. The topological polar surface area (TPSA) is 17.1 Å². The van der Waals surface area contributed by atoms with Crippen LogP contribution in [0.1, 0.15) is 46.5 Å². The molecule has 0 bridgehead atoms. The number of carbonyl (C=O) groups is 1. The Kier molecular flexibility index (Phi) is 8.87. The van der Waals surface area contributed by atoms with Crippen LogP contribution in [0.4, 0.5) is 0 Å². The quantitative estimate of drug-likeness (QED) is 0.286. The summed E-state index contributed by atoms with van der Waals surface area (Å²) < 4.78 is 0. The summed E-state index contributed by atoms with van der Waals surface area (Å²) in [5.41, 5.74) is 2.22. The zero-order valence-electron chi connectivity index (χ0n) is 11.2. The van der Waals surface area contributed by atoms with Crippen LogP contribution in [-0.2, 0) is 4.79 Å². The predicted molar refractivity (Wildman–Crippen MR) is 79.3 cm³/mol. The Bertz CT molecular complexity index is 313. The first kappa shape index (κ1) is 16.2. The lowest BCUT2D eigenvalue weighted by Gasteiger charge is -2.08. The van der Waals surface area contributed by atoms with E-state index in [0.29, 0.717) is 5.92 Å². The van der Waals surface area contributed by atoms with Crippen LogP contribution >= 0.6 is 12.6 Å². The summed E-state index contributed by atoms with van der Waals surface area (Å²) in [4.78, 5) is 10.7. The van der Waals surface area contributed by atoms with Crippen LogP contribution in [0.2, 0.25) is 0 Å². The first-order valence-electron chi connectivity index (χ1n) is 6.14. The van der Waals surface area contributed by atoms with E-state index in [0.717, 1.165) is 18.4 Å². The molecule has 1 nitrogen and oxygen atoms in total. The van der Waals surface area contributed by atoms with E-state index in [1.54, 1.807) is 0 Å². The highest BCUT2D eigenvalue weighted by Gasteiger charge is 1.99. The predicted octanol–water partition coefficient (Wildman–Crippen LogP) is 4.72. The standard InChI is InChI=1S/C15H24OS/c1-12(2)7-5-8-13(3)9-6-10-14(4)11-15(16)17/h6,10-11,13H,1,5,7-9H2,2-4H3,(H,16,17). The summed E-state index contributed by atoms with van der Waals surface area (Å²) in [6.45, 7) is 10.1. The van der Waals surface area contributed by atoms with Crippen molar-refractivity contribution in [3.8, 4) is 0 Å². The van der Waals surface area contributed by atoms with E-state index in [4.69, 9.17) is 0 Å². The van der Waals surface area contributed by atoms with Gasteiger partial charge < -0.3 is 0 Å². The highest BCUT2D eigenvalue weighted by molar-refractivity contribution is 7.97. The van der Waals surface area contributed by atoms with Crippen LogP contribution in [0.15, 0.2) is 36.0 Å². The van der Waals surface area contributed by atoms with Gasteiger partial charge in [-0.25, -0.2) is 0 Å². The molecule has 2 heteroatoms. The Labute approximate surface area is 111 Å². The Morgan fingerprint density at radius 1 is 1.41 bits per heavy atom. The van der Waals surface area contributed by atoms with Gasteiger partial charge in [-0.1, -0.05) is 31.1 Å². The first-order chi connectivity index (χ1) is 7.91. The minimum atomic E-state index is -0.193. The van der Waals surface area contributed by atoms with Gasteiger partial charge in [0, 0.05) is 0 Å². The number of carbonyl (C=O) groups excluding carboxylic acids is 1.